The molecule has 0 saturated heterocycles. The van der Waals surface area contributed by atoms with E-state index in [-0.39, 0.29) is 0 Å². The van der Waals surface area contributed by atoms with Gasteiger partial charge in [-0.2, -0.15) is 13.2 Å². The van der Waals surface area contributed by atoms with Gasteiger partial charge in [0.2, 0.25) is 0 Å². The van der Waals surface area contributed by atoms with Crippen LogP contribution < -0.4 is 16.4 Å². The fourth-order valence-electron chi connectivity index (χ4n) is 2.65. The van der Waals surface area contributed by atoms with Crippen molar-refractivity contribution in [1.82, 2.24) is 10.3 Å². The zero-order chi connectivity index (χ0) is 22.1. The Morgan fingerprint density at radius 1 is 1.17 bits per heavy atom. The molecule has 0 aliphatic heterocycles. The predicted molar refractivity (Wildman–Crippen MR) is 113 cm³/mol. The Morgan fingerprint density at radius 3 is 2.37 bits per heavy atom. The van der Waals surface area contributed by atoms with Gasteiger partial charge in [0, 0.05) is 31.6 Å². The van der Waals surface area contributed by atoms with Crippen LogP contribution in [0.3, 0.4) is 0 Å². The van der Waals surface area contributed by atoms with Gasteiger partial charge in [-0.25, -0.2) is 4.98 Å². The molecule has 0 unspecified atom stereocenters. The van der Waals surface area contributed by atoms with Gasteiger partial charge < -0.3 is 21.1 Å². The van der Waals surface area contributed by atoms with Crippen molar-refractivity contribution in [2.45, 2.75) is 19.5 Å². The quantitative estimate of drug-likeness (QED) is 0.421. The van der Waals surface area contributed by atoms with Gasteiger partial charge in [-0.15, -0.1) is 0 Å². The van der Waals surface area contributed by atoms with Gasteiger partial charge in [-0.3, -0.25) is 0 Å². The average Bonchev–Trinajstić information content (AvgIpc) is 2.72. The number of alkyl halides is 3. The number of benzene rings is 1. The van der Waals surface area contributed by atoms with E-state index in [1.807, 2.05) is 19.1 Å². The van der Waals surface area contributed by atoms with Crippen LogP contribution in [0.25, 0.3) is 0 Å². The number of pyridine rings is 1. The van der Waals surface area contributed by atoms with E-state index in [0.717, 1.165) is 28.8 Å². The maximum absolute atomic E-state index is 12.6. The molecule has 0 amide bonds. The maximum atomic E-state index is 12.6. The fourth-order valence-corrected chi connectivity index (χ4v) is 2.65. The van der Waals surface area contributed by atoms with E-state index >= 15 is 0 Å². The first kappa shape index (κ1) is 22.9. The third-order valence-corrected chi connectivity index (χ3v) is 4.29. The number of hydrogen-bond donors (Lipinski definition) is 3. The van der Waals surface area contributed by atoms with Crippen LogP contribution in [0.1, 0.15) is 18.1 Å². The van der Waals surface area contributed by atoms with Crippen LogP contribution in [0, 0.1) is 0 Å². The van der Waals surface area contributed by atoms with E-state index in [0.29, 0.717) is 23.7 Å². The molecule has 2 aromatic rings. The van der Waals surface area contributed by atoms with Crippen molar-refractivity contribution < 1.29 is 17.9 Å². The summed E-state index contributed by atoms with van der Waals surface area (Å²) in [5.74, 6) is 1.20. The lowest BCUT2D eigenvalue weighted by Crippen LogP contribution is -2.04. The Kier molecular flexibility index (Phi) is 7.91. The molecule has 0 bridgehead atoms. The summed E-state index contributed by atoms with van der Waals surface area (Å²) in [5.41, 5.74) is 8.43. The summed E-state index contributed by atoms with van der Waals surface area (Å²) in [6.07, 6.45) is 3.08. The van der Waals surface area contributed by atoms with Crippen LogP contribution in [-0.4, -0.2) is 19.1 Å². The number of halogens is 3. The number of methoxy groups -OCH3 is 1. The summed E-state index contributed by atoms with van der Waals surface area (Å²) < 4.78 is 43.2. The van der Waals surface area contributed by atoms with E-state index in [4.69, 9.17) is 10.5 Å². The highest BCUT2D eigenvalue weighted by atomic mass is 19.4. The molecule has 0 saturated carbocycles. The van der Waals surface area contributed by atoms with Crippen molar-refractivity contribution in [3.05, 3.63) is 89.1 Å². The molecule has 160 valence electrons. The second-order valence-electron chi connectivity index (χ2n) is 6.49. The molecule has 2 rings (SSSR count). The third-order valence-electron chi connectivity index (χ3n) is 4.29. The summed E-state index contributed by atoms with van der Waals surface area (Å²) >= 11 is 0. The highest BCUT2D eigenvalue weighted by Crippen LogP contribution is 2.30. The number of allylic oxidation sites excluding steroid dienone is 3. The first-order chi connectivity index (χ1) is 14.3. The highest BCUT2D eigenvalue weighted by Gasteiger charge is 2.29. The van der Waals surface area contributed by atoms with Crippen molar-refractivity contribution in [3.8, 4) is 0 Å². The SMILES string of the molecule is CN\C=C(/C=C(C)/C(=C\N)Cc1ccc(Nc2ccc(C(F)(F)F)cc2)nc1)OC. The van der Waals surface area contributed by atoms with E-state index in [2.05, 4.69) is 15.6 Å². The van der Waals surface area contributed by atoms with Gasteiger partial charge in [0.25, 0.3) is 0 Å². The molecule has 1 aromatic heterocycles. The molecule has 0 aliphatic carbocycles. The molecule has 0 fully saturated rings. The van der Waals surface area contributed by atoms with Crippen LogP contribution in [0.2, 0.25) is 0 Å². The molecule has 5 nitrogen and oxygen atoms in total. The Bertz CT molecular complexity index is 915. The second kappa shape index (κ2) is 10.4. The number of anilines is 2. The summed E-state index contributed by atoms with van der Waals surface area (Å²) in [6.45, 7) is 1.94. The van der Waals surface area contributed by atoms with Gasteiger partial charge in [0.05, 0.1) is 12.7 Å². The zero-order valence-corrected chi connectivity index (χ0v) is 17.0. The van der Waals surface area contributed by atoms with E-state index in [1.54, 1.807) is 38.8 Å². The monoisotopic (exact) mass is 418 g/mol. The molecule has 0 aliphatic rings. The van der Waals surface area contributed by atoms with Crippen LogP contribution in [0.5, 0.6) is 0 Å². The number of nitrogens with zero attached hydrogens (tertiary/aromatic N) is 1. The molecule has 0 spiro atoms. The smallest absolute Gasteiger partial charge is 0.416 e. The minimum Gasteiger partial charge on any atom is -0.495 e. The molecular formula is C22H25F3N4O. The van der Waals surface area contributed by atoms with E-state index in [1.165, 1.54) is 12.1 Å². The number of hydrogen-bond acceptors (Lipinski definition) is 5. The average molecular weight is 418 g/mol. The maximum Gasteiger partial charge on any atom is 0.416 e. The minimum atomic E-state index is -4.36. The number of ether oxygens (including phenoxy) is 1. The highest BCUT2D eigenvalue weighted by molar-refractivity contribution is 5.56. The van der Waals surface area contributed by atoms with Crippen LogP contribution >= 0.6 is 0 Å². The lowest BCUT2D eigenvalue weighted by atomic mass is 10.0. The molecule has 4 N–H and O–H groups in total. The lowest BCUT2D eigenvalue weighted by molar-refractivity contribution is -0.137. The molecule has 1 aromatic carbocycles. The Hall–Kier alpha value is -3.42. The van der Waals surface area contributed by atoms with E-state index in [9.17, 15) is 13.2 Å². The molecular weight excluding hydrogens is 393 g/mol. The standard InChI is InChI=1S/C22H25F3N4O/c1-15(10-20(30-3)14-27-2)17(12-26)11-16-4-9-21(28-13-16)29-19-7-5-18(6-8-19)22(23,24)25/h4-10,12-14,27H,11,26H2,1-3H3,(H,28,29)/b15-10+,17-12-,20-14+. The van der Waals surface area contributed by atoms with Gasteiger partial charge >= 0.3 is 6.18 Å². The van der Waals surface area contributed by atoms with Crippen molar-refractivity contribution in [2.24, 2.45) is 5.73 Å². The lowest BCUT2D eigenvalue weighted by Gasteiger charge is -2.11. The fraction of sp³-hybridized carbons (Fsp3) is 0.227. The summed E-state index contributed by atoms with van der Waals surface area (Å²) in [4.78, 5) is 4.33. The zero-order valence-electron chi connectivity index (χ0n) is 17.0. The Morgan fingerprint density at radius 2 is 1.87 bits per heavy atom. The Labute approximate surface area is 174 Å². The molecule has 8 heteroatoms. The largest absolute Gasteiger partial charge is 0.495 e. The van der Waals surface area contributed by atoms with Gasteiger partial charge in [0.1, 0.15) is 11.6 Å². The number of nitrogens with one attached hydrogen (secondary N) is 2. The third kappa shape index (κ3) is 6.58. The molecule has 1 heterocycles. The summed E-state index contributed by atoms with van der Waals surface area (Å²) in [5, 5.41) is 5.90. The first-order valence-electron chi connectivity index (χ1n) is 9.17. The second-order valence-corrected chi connectivity index (χ2v) is 6.49. The minimum absolute atomic E-state index is 0.521. The Balaban J connectivity index is 2.06. The summed E-state index contributed by atoms with van der Waals surface area (Å²) in [7, 11) is 3.37. The van der Waals surface area contributed by atoms with Crippen molar-refractivity contribution in [3.63, 3.8) is 0 Å². The first-order valence-corrected chi connectivity index (χ1v) is 9.17. The van der Waals surface area contributed by atoms with Crippen LogP contribution in [-0.2, 0) is 17.3 Å². The number of rotatable bonds is 8. The van der Waals surface area contributed by atoms with Crippen LogP contribution in [0.15, 0.2) is 78.0 Å². The van der Waals surface area contributed by atoms with Crippen LogP contribution in [0.4, 0.5) is 24.7 Å². The predicted octanol–water partition coefficient (Wildman–Crippen LogP) is 4.88. The van der Waals surface area contributed by atoms with Crippen molar-refractivity contribution in [2.75, 3.05) is 19.5 Å². The molecule has 0 atom stereocenters. The number of aromatic nitrogens is 1. The van der Waals surface area contributed by atoms with Crippen molar-refractivity contribution in [1.29, 1.82) is 0 Å². The summed E-state index contributed by atoms with van der Waals surface area (Å²) in [6, 6.07) is 8.45. The van der Waals surface area contributed by atoms with Gasteiger partial charge in [0.15, 0.2) is 0 Å². The number of nitrogens with two attached hydrogens (primary N) is 1. The molecule has 0 radical (unpaired) electrons. The van der Waals surface area contributed by atoms with Gasteiger partial charge in [-0.05, 0) is 66.2 Å². The van der Waals surface area contributed by atoms with Crippen molar-refractivity contribution >= 4 is 11.5 Å². The topological polar surface area (TPSA) is 72.2 Å². The van der Waals surface area contributed by atoms with Gasteiger partial charge in [-0.1, -0.05) is 6.07 Å². The normalized spacial score (nSPS) is 13.2. The van der Waals surface area contributed by atoms with E-state index < -0.39 is 11.7 Å². The molecule has 30 heavy (non-hydrogen) atoms.